The van der Waals surface area contributed by atoms with Crippen molar-refractivity contribution in [2.75, 3.05) is 39.3 Å². The minimum Gasteiger partial charge on any atom is -0.356 e. The van der Waals surface area contributed by atoms with E-state index in [0.29, 0.717) is 13.1 Å². The van der Waals surface area contributed by atoms with Crippen LogP contribution >= 0.6 is 12.4 Å². The van der Waals surface area contributed by atoms with E-state index in [9.17, 15) is 14.9 Å². The third-order valence-corrected chi connectivity index (χ3v) is 3.58. The van der Waals surface area contributed by atoms with Gasteiger partial charge in [-0.15, -0.1) is 12.4 Å². The number of amides is 1. The Kier molecular flexibility index (Phi) is 8.52. The number of carbonyl (C=O) groups excluding carboxylic acids is 1. The molecule has 1 aromatic rings. The third kappa shape index (κ3) is 6.93. The summed E-state index contributed by atoms with van der Waals surface area (Å²) in [5.41, 5.74) is -0.0589. The maximum absolute atomic E-state index is 11.7. The van der Waals surface area contributed by atoms with Crippen LogP contribution in [0.3, 0.4) is 0 Å². The second kappa shape index (κ2) is 10.1. The molecule has 2 heterocycles. The molecular formula is C13H23ClN6O3. The molecule has 10 heteroatoms. The van der Waals surface area contributed by atoms with E-state index >= 15 is 0 Å². The summed E-state index contributed by atoms with van der Waals surface area (Å²) in [6.07, 6.45) is 3.72. The lowest BCUT2D eigenvalue weighted by Gasteiger charge is -2.27. The van der Waals surface area contributed by atoms with Gasteiger partial charge in [0.1, 0.15) is 12.4 Å². The molecule has 1 amide bonds. The average molecular weight is 347 g/mol. The van der Waals surface area contributed by atoms with Gasteiger partial charge in [-0.3, -0.25) is 19.6 Å². The molecule has 1 aliphatic rings. The summed E-state index contributed by atoms with van der Waals surface area (Å²) >= 11 is 0. The van der Waals surface area contributed by atoms with Gasteiger partial charge in [0, 0.05) is 45.7 Å². The molecule has 0 unspecified atom stereocenters. The molecule has 2 N–H and O–H groups in total. The van der Waals surface area contributed by atoms with Gasteiger partial charge in [0.2, 0.25) is 5.91 Å². The largest absolute Gasteiger partial charge is 0.356 e. The zero-order valence-corrected chi connectivity index (χ0v) is 13.8. The highest BCUT2D eigenvalue weighted by atomic mass is 35.5. The quantitative estimate of drug-likeness (QED) is 0.390. The van der Waals surface area contributed by atoms with E-state index in [1.807, 2.05) is 0 Å². The highest BCUT2D eigenvalue weighted by Gasteiger charge is 2.10. The number of halogens is 1. The summed E-state index contributed by atoms with van der Waals surface area (Å²) in [6.45, 7) is 6.18. The summed E-state index contributed by atoms with van der Waals surface area (Å²) in [5.74, 6) is -0.0570. The molecule has 0 spiro atoms. The van der Waals surface area contributed by atoms with E-state index < -0.39 is 4.92 Å². The Morgan fingerprint density at radius 3 is 2.78 bits per heavy atom. The van der Waals surface area contributed by atoms with Gasteiger partial charge < -0.3 is 15.5 Å². The van der Waals surface area contributed by atoms with Crippen LogP contribution in [0.5, 0.6) is 0 Å². The van der Waals surface area contributed by atoms with Crippen molar-refractivity contribution in [1.29, 1.82) is 0 Å². The number of nitrogens with one attached hydrogen (secondary N) is 2. The number of aromatic nitrogens is 2. The fourth-order valence-corrected chi connectivity index (χ4v) is 2.34. The van der Waals surface area contributed by atoms with Gasteiger partial charge in [-0.1, -0.05) is 0 Å². The zero-order valence-electron chi connectivity index (χ0n) is 12.9. The van der Waals surface area contributed by atoms with Crippen molar-refractivity contribution in [2.24, 2.45) is 0 Å². The first kappa shape index (κ1) is 19.3. The molecule has 0 bridgehead atoms. The van der Waals surface area contributed by atoms with Crippen molar-refractivity contribution < 1.29 is 9.72 Å². The fraction of sp³-hybridized carbons (Fsp3) is 0.692. The van der Waals surface area contributed by atoms with Crippen LogP contribution in [0.2, 0.25) is 0 Å². The Morgan fingerprint density at radius 2 is 2.13 bits per heavy atom. The van der Waals surface area contributed by atoms with Crippen molar-refractivity contribution in [3.63, 3.8) is 0 Å². The summed E-state index contributed by atoms with van der Waals surface area (Å²) in [5, 5.41) is 20.5. The number of nitrogens with zero attached hydrogens (tertiary/aromatic N) is 4. The van der Waals surface area contributed by atoms with Crippen LogP contribution in [-0.4, -0.2) is 64.8 Å². The number of hydrogen-bond acceptors (Lipinski definition) is 6. The Labute approximate surface area is 141 Å². The second-order valence-corrected chi connectivity index (χ2v) is 5.26. The first-order chi connectivity index (χ1) is 10.6. The van der Waals surface area contributed by atoms with Crippen LogP contribution in [0.4, 0.5) is 5.69 Å². The van der Waals surface area contributed by atoms with Gasteiger partial charge in [-0.2, -0.15) is 5.10 Å². The minimum atomic E-state index is -0.500. The second-order valence-electron chi connectivity index (χ2n) is 5.26. The zero-order chi connectivity index (χ0) is 15.8. The van der Waals surface area contributed by atoms with Crippen LogP contribution in [0.15, 0.2) is 12.4 Å². The van der Waals surface area contributed by atoms with Crippen LogP contribution in [-0.2, 0) is 11.3 Å². The van der Waals surface area contributed by atoms with E-state index in [-0.39, 0.29) is 30.4 Å². The predicted octanol–water partition coefficient (Wildman–Crippen LogP) is 0.0147. The molecule has 1 aromatic heterocycles. The molecule has 0 radical (unpaired) electrons. The van der Waals surface area contributed by atoms with E-state index in [2.05, 4.69) is 20.6 Å². The Morgan fingerprint density at radius 1 is 1.39 bits per heavy atom. The van der Waals surface area contributed by atoms with Crippen molar-refractivity contribution in [2.45, 2.75) is 19.4 Å². The SMILES string of the molecule is Cl.O=C(CCn1cc([N+](=O)[O-])cn1)NCCCN1CCNCC1. The van der Waals surface area contributed by atoms with Gasteiger partial charge in [0.05, 0.1) is 4.92 Å². The first-order valence-corrected chi connectivity index (χ1v) is 7.52. The third-order valence-electron chi connectivity index (χ3n) is 3.58. The number of carbonyl (C=O) groups is 1. The lowest BCUT2D eigenvalue weighted by atomic mass is 10.3. The molecule has 0 aromatic carbocycles. The van der Waals surface area contributed by atoms with Crippen LogP contribution in [0.1, 0.15) is 12.8 Å². The smallest absolute Gasteiger partial charge is 0.306 e. The maximum Gasteiger partial charge on any atom is 0.306 e. The molecule has 0 aliphatic carbocycles. The topological polar surface area (TPSA) is 105 Å². The normalized spacial score (nSPS) is 15.0. The van der Waals surface area contributed by atoms with E-state index in [0.717, 1.165) is 39.1 Å². The number of piperazine rings is 1. The molecule has 1 fully saturated rings. The van der Waals surface area contributed by atoms with Gasteiger partial charge >= 0.3 is 5.69 Å². The number of hydrogen-bond donors (Lipinski definition) is 2. The summed E-state index contributed by atoms with van der Waals surface area (Å²) in [7, 11) is 0. The molecule has 0 atom stereocenters. The molecule has 1 aliphatic heterocycles. The van der Waals surface area contributed by atoms with Crippen LogP contribution in [0, 0.1) is 10.1 Å². The molecule has 0 saturated carbocycles. The Bertz CT molecular complexity index is 504. The van der Waals surface area contributed by atoms with Crippen molar-refractivity contribution >= 4 is 24.0 Å². The Balaban J connectivity index is 0.00000264. The summed E-state index contributed by atoms with van der Waals surface area (Å²) in [4.78, 5) is 24.1. The first-order valence-electron chi connectivity index (χ1n) is 7.52. The minimum absolute atomic E-state index is 0. The summed E-state index contributed by atoms with van der Waals surface area (Å²) < 4.78 is 1.42. The van der Waals surface area contributed by atoms with Crippen molar-refractivity contribution in [3.8, 4) is 0 Å². The molecule has 2 rings (SSSR count). The Hall–Kier alpha value is -1.71. The van der Waals surface area contributed by atoms with Gasteiger partial charge in [-0.05, 0) is 13.0 Å². The number of rotatable bonds is 8. The standard InChI is InChI=1S/C13H22N6O3.ClH/c20-13(2-7-18-11-12(10-16-18)19(21)22)15-3-1-6-17-8-4-14-5-9-17;/h10-11,14H,1-9H2,(H,15,20);1H. The number of aryl methyl sites for hydroxylation is 1. The highest BCUT2D eigenvalue weighted by Crippen LogP contribution is 2.07. The molecule has 23 heavy (non-hydrogen) atoms. The molecular weight excluding hydrogens is 324 g/mol. The van der Waals surface area contributed by atoms with Gasteiger partial charge in [-0.25, -0.2) is 0 Å². The summed E-state index contributed by atoms with van der Waals surface area (Å²) in [6, 6.07) is 0. The van der Waals surface area contributed by atoms with Crippen LogP contribution < -0.4 is 10.6 Å². The monoisotopic (exact) mass is 346 g/mol. The number of nitro groups is 1. The molecule has 9 nitrogen and oxygen atoms in total. The average Bonchev–Trinajstić information content (AvgIpc) is 3.00. The van der Waals surface area contributed by atoms with Crippen molar-refractivity contribution in [3.05, 3.63) is 22.5 Å². The van der Waals surface area contributed by atoms with E-state index in [1.165, 1.54) is 17.1 Å². The van der Waals surface area contributed by atoms with Gasteiger partial charge in [0.25, 0.3) is 0 Å². The van der Waals surface area contributed by atoms with E-state index in [1.54, 1.807) is 0 Å². The molecule has 1 saturated heterocycles. The van der Waals surface area contributed by atoms with Crippen molar-refractivity contribution in [1.82, 2.24) is 25.3 Å². The van der Waals surface area contributed by atoms with Gasteiger partial charge in [0.15, 0.2) is 0 Å². The maximum atomic E-state index is 11.7. The predicted molar refractivity (Wildman–Crippen MR) is 87.7 cm³/mol. The van der Waals surface area contributed by atoms with E-state index in [4.69, 9.17) is 0 Å². The van der Waals surface area contributed by atoms with Crippen LogP contribution in [0.25, 0.3) is 0 Å². The highest BCUT2D eigenvalue weighted by molar-refractivity contribution is 5.85. The molecule has 130 valence electrons. The fourth-order valence-electron chi connectivity index (χ4n) is 2.34. The lowest BCUT2D eigenvalue weighted by Crippen LogP contribution is -2.44. The lowest BCUT2D eigenvalue weighted by molar-refractivity contribution is -0.385.